The minimum Gasteiger partial charge on any atom is -0.490 e. The molecule has 0 amide bonds. The molecule has 3 aromatic rings. The summed E-state index contributed by atoms with van der Waals surface area (Å²) in [7, 11) is 0. The Hall–Kier alpha value is -3.53. The molecule has 0 radical (unpaired) electrons. The number of benzene rings is 3. The predicted molar refractivity (Wildman–Crippen MR) is 162 cm³/mol. The summed E-state index contributed by atoms with van der Waals surface area (Å²) in [6.07, 6.45) is -1.11. The molecule has 230 valence electrons. The Kier molecular flexibility index (Phi) is 11.1. The fourth-order valence-corrected chi connectivity index (χ4v) is 4.85. The summed E-state index contributed by atoms with van der Waals surface area (Å²) in [5.74, 6) is -0.230. The van der Waals surface area contributed by atoms with Crippen molar-refractivity contribution < 1.29 is 32.5 Å². The first-order chi connectivity index (χ1) is 20.5. The molecular formula is C33H36ClF3N2O4. The van der Waals surface area contributed by atoms with Crippen molar-refractivity contribution in [3.63, 3.8) is 0 Å². The van der Waals surface area contributed by atoms with E-state index >= 15 is 0 Å². The van der Waals surface area contributed by atoms with Crippen LogP contribution in [0.5, 0.6) is 11.5 Å². The van der Waals surface area contributed by atoms with Crippen LogP contribution in [0.4, 0.5) is 13.2 Å². The van der Waals surface area contributed by atoms with Gasteiger partial charge in [-0.05, 0) is 97.8 Å². The van der Waals surface area contributed by atoms with Gasteiger partial charge in [-0.1, -0.05) is 41.9 Å². The molecule has 0 atom stereocenters. The van der Waals surface area contributed by atoms with Crippen molar-refractivity contribution in [1.82, 2.24) is 10.6 Å². The lowest BCUT2D eigenvalue weighted by Crippen LogP contribution is -2.28. The van der Waals surface area contributed by atoms with E-state index < -0.39 is 17.7 Å². The normalized spacial score (nSPS) is 15.0. The molecule has 5 rings (SSSR count). The molecule has 6 nitrogen and oxygen atoms in total. The van der Waals surface area contributed by atoms with Crippen molar-refractivity contribution in [1.29, 1.82) is 0 Å². The topological polar surface area (TPSA) is 79.8 Å². The number of carbonyl (C=O) groups is 1. The van der Waals surface area contributed by atoms with E-state index in [0.717, 1.165) is 35.9 Å². The first-order valence-electron chi connectivity index (χ1n) is 14.2. The van der Waals surface area contributed by atoms with Gasteiger partial charge in [-0.25, -0.2) is 4.79 Å². The van der Waals surface area contributed by atoms with E-state index in [1.54, 1.807) is 24.3 Å². The highest BCUT2D eigenvalue weighted by Gasteiger charge is 2.31. The van der Waals surface area contributed by atoms with Gasteiger partial charge >= 0.3 is 12.1 Å². The van der Waals surface area contributed by atoms with Crippen molar-refractivity contribution in [2.75, 3.05) is 26.3 Å². The van der Waals surface area contributed by atoms with Crippen LogP contribution >= 0.6 is 11.6 Å². The lowest BCUT2D eigenvalue weighted by Gasteiger charge is -2.19. The Bertz CT molecular complexity index is 1440. The van der Waals surface area contributed by atoms with E-state index in [2.05, 4.69) is 42.7 Å². The second kappa shape index (κ2) is 14.8. The highest BCUT2D eigenvalue weighted by atomic mass is 35.5. The highest BCUT2D eigenvalue weighted by Crippen LogP contribution is 2.34. The minimum atomic E-state index is -4.47. The Labute approximate surface area is 254 Å². The van der Waals surface area contributed by atoms with Crippen LogP contribution in [-0.4, -0.2) is 43.4 Å². The third-order valence-electron chi connectivity index (χ3n) is 7.42. The SMILES string of the molecule is Cc1cccc(CNC2CC2)c1C.O=C(O)C1=C(c2ccc(OCCOc3ccc(C(F)(F)F)cc3Cl)cc2)CCNC1. The molecule has 1 aliphatic heterocycles. The Morgan fingerprint density at radius 3 is 2.42 bits per heavy atom. The number of rotatable bonds is 10. The van der Waals surface area contributed by atoms with Crippen LogP contribution in [0.3, 0.4) is 0 Å². The average molecular weight is 617 g/mol. The molecule has 43 heavy (non-hydrogen) atoms. The van der Waals surface area contributed by atoms with Crippen molar-refractivity contribution in [3.05, 3.63) is 99.1 Å². The Morgan fingerprint density at radius 2 is 1.77 bits per heavy atom. The van der Waals surface area contributed by atoms with Gasteiger partial charge < -0.3 is 25.2 Å². The van der Waals surface area contributed by atoms with Crippen molar-refractivity contribution in [2.24, 2.45) is 0 Å². The van der Waals surface area contributed by atoms with Crippen molar-refractivity contribution in [2.45, 2.75) is 51.9 Å². The summed E-state index contributed by atoms with van der Waals surface area (Å²) in [6, 6.07) is 17.3. The largest absolute Gasteiger partial charge is 0.490 e. The fraction of sp³-hybridized carbons (Fsp3) is 0.364. The minimum absolute atomic E-state index is 0.0901. The number of ether oxygens (including phenoxy) is 2. The molecule has 1 fully saturated rings. The third-order valence-corrected chi connectivity index (χ3v) is 7.72. The average Bonchev–Trinajstić information content (AvgIpc) is 3.82. The van der Waals surface area contributed by atoms with E-state index in [-0.39, 0.29) is 24.0 Å². The smallest absolute Gasteiger partial charge is 0.416 e. The maximum Gasteiger partial charge on any atom is 0.416 e. The van der Waals surface area contributed by atoms with Gasteiger partial charge in [0.15, 0.2) is 0 Å². The van der Waals surface area contributed by atoms with E-state index in [4.69, 9.17) is 21.1 Å². The first kappa shape index (κ1) is 32.4. The zero-order valence-corrected chi connectivity index (χ0v) is 24.9. The van der Waals surface area contributed by atoms with Gasteiger partial charge in [0, 0.05) is 19.1 Å². The molecule has 0 spiro atoms. The molecule has 0 unspecified atom stereocenters. The second-order valence-corrected chi connectivity index (χ2v) is 11.0. The zero-order chi connectivity index (χ0) is 31.0. The van der Waals surface area contributed by atoms with Crippen molar-refractivity contribution in [3.8, 4) is 11.5 Å². The molecule has 1 saturated carbocycles. The van der Waals surface area contributed by atoms with Crippen LogP contribution in [0.25, 0.3) is 5.57 Å². The summed E-state index contributed by atoms with van der Waals surface area (Å²) >= 11 is 5.84. The number of carboxylic acid groups (broad SMARTS) is 1. The molecule has 0 aromatic heterocycles. The summed E-state index contributed by atoms with van der Waals surface area (Å²) in [4.78, 5) is 11.4. The standard InChI is InChI=1S/C21H19ClF3NO4.C12H17N/c22-18-11-14(21(23,24)25)3-6-19(18)30-10-9-29-15-4-1-13(2-5-15)16-7-8-26-12-17(16)20(27)28;1-9-4-3-5-11(10(9)2)8-13-12-6-7-12/h1-6,11,26H,7-10,12H2,(H,27,28);3-5,12-13H,6-8H2,1-2H3. The van der Waals surface area contributed by atoms with E-state index in [0.29, 0.717) is 30.8 Å². The zero-order valence-electron chi connectivity index (χ0n) is 24.2. The van der Waals surface area contributed by atoms with Crippen LogP contribution < -0.4 is 20.1 Å². The predicted octanol–water partition coefficient (Wildman–Crippen LogP) is 7.20. The molecule has 10 heteroatoms. The number of alkyl halides is 3. The van der Waals surface area contributed by atoms with Crippen LogP contribution in [0.1, 0.15) is 47.1 Å². The quantitative estimate of drug-likeness (QED) is 0.209. The Morgan fingerprint density at radius 1 is 1.05 bits per heavy atom. The maximum atomic E-state index is 12.6. The van der Waals surface area contributed by atoms with Crippen LogP contribution in [-0.2, 0) is 17.5 Å². The molecular weight excluding hydrogens is 581 g/mol. The molecule has 2 aliphatic rings. The van der Waals surface area contributed by atoms with Gasteiger partial charge in [0.2, 0.25) is 0 Å². The Balaban J connectivity index is 0.000000269. The van der Waals surface area contributed by atoms with E-state index in [1.807, 2.05) is 0 Å². The van der Waals surface area contributed by atoms with Gasteiger partial charge in [0.1, 0.15) is 24.7 Å². The van der Waals surface area contributed by atoms with Gasteiger partial charge in [0.25, 0.3) is 0 Å². The van der Waals surface area contributed by atoms with Gasteiger partial charge in [-0.2, -0.15) is 13.2 Å². The molecule has 0 bridgehead atoms. The molecule has 3 aromatic carbocycles. The van der Waals surface area contributed by atoms with Crippen LogP contribution in [0, 0.1) is 13.8 Å². The fourth-order valence-electron chi connectivity index (χ4n) is 4.61. The number of aliphatic carboxylic acids is 1. The number of hydrogen-bond acceptors (Lipinski definition) is 5. The monoisotopic (exact) mass is 616 g/mol. The first-order valence-corrected chi connectivity index (χ1v) is 14.6. The molecule has 1 aliphatic carbocycles. The van der Waals surface area contributed by atoms with E-state index in [9.17, 15) is 23.1 Å². The van der Waals surface area contributed by atoms with Crippen LogP contribution in [0.15, 0.2) is 66.2 Å². The lowest BCUT2D eigenvalue weighted by molar-refractivity contribution is -0.137. The number of aryl methyl sites for hydroxylation is 1. The summed E-state index contributed by atoms with van der Waals surface area (Å²) in [5.41, 5.74) is 5.43. The lowest BCUT2D eigenvalue weighted by atomic mass is 9.94. The molecule has 1 heterocycles. The molecule has 0 saturated heterocycles. The number of hydrogen-bond donors (Lipinski definition) is 3. The summed E-state index contributed by atoms with van der Waals surface area (Å²) < 4.78 is 48.9. The third kappa shape index (κ3) is 9.48. The number of halogens is 4. The number of carboxylic acids is 1. The summed E-state index contributed by atoms with van der Waals surface area (Å²) in [6.45, 7) is 6.71. The summed E-state index contributed by atoms with van der Waals surface area (Å²) in [5, 5.41) is 15.8. The van der Waals surface area contributed by atoms with Crippen molar-refractivity contribution >= 4 is 23.1 Å². The molecule has 3 N–H and O–H groups in total. The van der Waals surface area contributed by atoms with E-state index in [1.165, 1.54) is 35.6 Å². The number of nitrogens with one attached hydrogen (secondary N) is 2. The highest BCUT2D eigenvalue weighted by molar-refractivity contribution is 6.32. The maximum absolute atomic E-state index is 12.6. The van der Waals surface area contributed by atoms with Gasteiger partial charge in [-0.3, -0.25) is 0 Å². The van der Waals surface area contributed by atoms with Gasteiger partial charge in [-0.15, -0.1) is 0 Å². The van der Waals surface area contributed by atoms with Gasteiger partial charge in [0.05, 0.1) is 16.2 Å². The van der Waals surface area contributed by atoms with Crippen LogP contribution in [0.2, 0.25) is 5.02 Å². The second-order valence-electron chi connectivity index (χ2n) is 10.6.